The molecule has 20 heavy (non-hydrogen) atoms. The van der Waals surface area contributed by atoms with Gasteiger partial charge in [0.2, 0.25) is 0 Å². The summed E-state index contributed by atoms with van der Waals surface area (Å²) in [6.07, 6.45) is -2.04. The van der Waals surface area contributed by atoms with Crippen LogP contribution >= 0.6 is 0 Å². The van der Waals surface area contributed by atoms with Crippen molar-refractivity contribution in [3.8, 4) is 0 Å². The molecule has 0 spiro atoms. The van der Waals surface area contributed by atoms with Gasteiger partial charge in [-0.3, -0.25) is 4.98 Å². The highest BCUT2D eigenvalue weighted by Gasteiger charge is 2.33. The summed E-state index contributed by atoms with van der Waals surface area (Å²) in [6.45, 7) is 1.75. The fourth-order valence-electron chi connectivity index (χ4n) is 2.53. The molecule has 1 saturated heterocycles. The Morgan fingerprint density at radius 2 is 2.10 bits per heavy atom. The largest absolute Gasteiger partial charge is 0.418 e. The minimum Gasteiger partial charge on any atom is -0.380 e. The van der Waals surface area contributed by atoms with Gasteiger partial charge < -0.3 is 10.6 Å². The standard InChI is InChI=1S/C14H14F3N3/c15-14(16,17)11-3-4-12(20-9-5-7-18-8-9)10-2-1-6-19-13(10)11/h1-4,6,9,18,20H,5,7-8H2/t9-/m1/s1. The molecule has 0 saturated carbocycles. The van der Waals surface area contributed by atoms with Crippen molar-refractivity contribution in [2.75, 3.05) is 18.4 Å². The first-order chi connectivity index (χ1) is 9.55. The first-order valence-corrected chi connectivity index (χ1v) is 6.48. The van der Waals surface area contributed by atoms with Crippen molar-refractivity contribution in [3.63, 3.8) is 0 Å². The van der Waals surface area contributed by atoms with E-state index in [2.05, 4.69) is 15.6 Å². The molecule has 106 valence electrons. The number of nitrogens with zero attached hydrogens (tertiary/aromatic N) is 1. The van der Waals surface area contributed by atoms with Crippen molar-refractivity contribution in [3.05, 3.63) is 36.0 Å². The van der Waals surface area contributed by atoms with Crippen LogP contribution in [0.2, 0.25) is 0 Å². The molecule has 2 N–H and O–H groups in total. The van der Waals surface area contributed by atoms with Crippen molar-refractivity contribution in [2.24, 2.45) is 0 Å². The topological polar surface area (TPSA) is 37.0 Å². The predicted molar refractivity (Wildman–Crippen MR) is 71.6 cm³/mol. The smallest absolute Gasteiger partial charge is 0.380 e. The van der Waals surface area contributed by atoms with E-state index in [-0.39, 0.29) is 11.6 Å². The molecule has 0 unspecified atom stereocenters. The molecule has 0 aliphatic carbocycles. The Kier molecular flexibility index (Phi) is 3.25. The average Bonchev–Trinajstić information content (AvgIpc) is 2.90. The van der Waals surface area contributed by atoms with E-state index >= 15 is 0 Å². The Labute approximate surface area is 114 Å². The zero-order chi connectivity index (χ0) is 14.2. The minimum absolute atomic E-state index is 0.00374. The van der Waals surface area contributed by atoms with Crippen molar-refractivity contribution >= 4 is 16.6 Å². The third kappa shape index (κ3) is 2.43. The summed E-state index contributed by atoms with van der Waals surface area (Å²) in [4.78, 5) is 3.91. The minimum atomic E-state index is -4.39. The third-order valence-electron chi connectivity index (χ3n) is 3.50. The van der Waals surface area contributed by atoms with Crippen molar-refractivity contribution in [1.82, 2.24) is 10.3 Å². The van der Waals surface area contributed by atoms with E-state index in [1.165, 1.54) is 12.3 Å². The number of hydrogen-bond donors (Lipinski definition) is 2. The highest BCUT2D eigenvalue weighted by molar-refractivity contribution is 5.93. The van der Waals surface area contributed by atoms with Gasteiger partial charge >= 0.3 is 6.18 Å². The molecule has 0 radical (unpaired) electrons. The number of anilines is 1. The van der Waals surface area contributed by atoms with Gasteiger partial charge in [-0.1, -0.05) is 0 Å². The third-order valence-corrected chi connectivity index (χ3v) is 3.50. The lowest BCUT2D eigenvalue weighted by Gasteiger charge is -2.17. The van der Waals surface area contributed by atoms with Gasteiger partial charge in [-0.05, 0) is 37.2 Å². The zero-order valence-electron chi connectivity index (χ0n) is 10.7. The van der Waals surface area contributed by atoms with E-state index in [1.54, 1.807) is 12.1 Å². The average molecular weight is 281 g/mol. The molecule has 6 heteroatoms. The van der Waals surface area contributed by atoms with Crippen LogP contribution in [0.3, 0.4) is 0 Å². The van der Waals surface area contributed by atoms with Gasteiger partial charge in [0.05, 0.1) is 11.1 Å². The van der Waals surface area contributed by atoms with E-state index in [0.717, 1.165) is 25.6 Å². The highest BCUT2D eigenvalue weighted by Crippen LogP contribution is 2.36. The van der Waals surface area contributed by atoms with Gasteiger partial charge in [0.25, 0.3) is 0 Å². The van der Waals surface area contributed by atoms with Crippen LogP contribution in [0, 0.1) is 0 Å². The van der Waals surface area contributed by atoms with Crippen LogP contribution in [0.1, 0.15) is 12.0 Å². The Bertz CT molecular complexity index is 619. The van der Waals surface area contributed by atoms with Crippen LogP contribution in [-0.2, 0) is 6.18 Å². The molecule has 1 aromatic heterocycles. The summed E-state index contributed by atoms with van der Waals surface area (Å²) in [5.74, 6) is 0. The quantitative estimate of drug-likeness (QED) is 0.888. The number of pyridine rings is 1. The van der Waals surface area contributed by atoms with Crippen LogP contribution in [0.15, 0.2) is 30.5 Å². The lowest BCUT2D eigenvalue weighted by Crippen LogP contribution is -2.22. The van der Waals surface area contributed by atoms with Gasteiger partial charge in [0.1, 0.15) is 0 Å². The Morgan fingerprint density at radius 3 is 2.80 bits per heavy atom. The molecule has 1 aliphatic rings. The van der Waals surface area contributed by atoms with Crippen LogP contribution < -0.4 is 10.6 Å². The molecule has 3 nitrogen and oxygen atoms in total. The number of benzene rings is 1. The molecule has 1 aliphatic heterocycles. The molecule has 0 amide bonds. The van der Waals surface area contributed by atoms with Crippen molar-refractivity contribution in [1.29, 1.82) is 0 Å². The number of fused-ring (bicyclic) bond motifs is 1. The van der Waals surface area contributed by atoms with Gasteiger partial charge in [0.15, 0.2) is 0 Å². The van der Waals surface area contributed by atoms with E-state index in [0.29, 0.717) is 11.1 Å². The Hall–Kier alpha value is -1.82. The summed E-state index contributed by atoms with van der Waals surface area (Å²) < 4.78 is 39.0. The van der Waals surface area contributed by atoms with E-state index < -0.39 is 11.7 Å². The van der Waals surface area contributed by atoms with Gasteiger partial charge in [-0.2, -0.15) is 13.2 Å². The molecule has 2 heterocycles. The van der Waals surface area contributed by atoms with Crippen molar-refractivity contribution in [2.45, 2.75) is 18.6 Å². The fraction of sp³-hybridized carbons (Fsp3) is 0.357. The number of hydrogen-bond acceptors (Lipinski definition) is 3. The Balaban J connectivity index is 2.06. The van der Waals surface area contributed by atoms with Gasteiger partial charge in [-0.15, -0.1) is 0 Å². The molecular formula is C14H14F3N3. The molecule has 1 aromatic carbocycles. The van der Waals surface area contributed by atoms with Crippen LogP contribution in [0.4, 0.5) is 18.9 Å². The van der Waals surface area contributed by atoms with Gasteiger partial charge in [-0.25, -0.2) is 0 Å². The Morgan fingerprint density at radius 1 is 1.25 bits per heavy atom. The normalized spacial score (nSPS) is 19.4. The van der Waals surface area contributed by atoms with E-state index in [9.17, 15) is 13.2 Å². The number of rotatable bonds is 2. The molecule has 1 fully saturated rings. The second kappa shape index (κ2) is 4.94. The first kappa shape index (κ1) is 13.2. The molecule has 3 rings (SSSR count). The molecule has 0 bridgehead atoms. The molecule has 2 aromatic rings. The van der Waals surface area contributed by atoms with Crippen molar-refractivity contribution < 1.29 is 13.2 Å². The van der Waals surface area contributed by atoms with E-state index in [4.69, 9.17) is 0 Å². The van der Waals surface area contributed by atoms with E-state index in [1.807, 2.05) is 0 Å². The second-order valence-corrected chi connectivity index (χ2v) is 4.89. The first-order valence-electron chi connectivity index (χ1n) is 6.48. The number of alkyl halides is 3. The highest BCUT2D eigenvalue weighted by atomic mass is 19.4. The zero-order valence-corrected chi connectivity index (χ0v) is 10.7. The molecule has 1 atom stereocenters. The SMILES string of the molecule is FC(F)(F)c1ccc(N[C@@H]2CCNC2)c2cccnc12. The summed E-state index contributed by atoms with van der Waals surface area (Å²) in [5, 5.41) is 7.02. The lowest BCUT2D eigenvalue weighted by atomic mass is 10.1. The van der Waals surface area contributed by atoms with Crippen LogP contribution in [0.5, 0.6) is 0 Å². The van der Waals surface area contributed by atoms with Crippen LogP contribution in [-0.4, -0.2) is 24.1 Å². The maximum atomic E-state index is 13.0. The van der Waals surface area contributed by atoms with Crippen LogP contribution in [0.25, 0.3) is 10.9 Å². The lowest BCUT2D eigenvalue weighted by molar-refractivity contribution is -0.136. The summed E-state index contributed by atoms with van der Waals surface area (Å²) in [7, 11) is 0. The maximum Gasteiger partial charge on any atom is 0.418 e. The summed E-state index contributed by atoms with van der Waals surface area (Å²) in [5.41, 5.74) is 0.00829. The summed E-state index contributed by atoms with van der Waals surface area (Å²) in [6, 6.07) is 6.16. The maximum absolute atomic E-state index is 13.0. The number of halogens is 3. The molecular weight excluding hydrogens is 267 g/mol. The number of nitrogens with one attached hydrogen (secondary N) is 2. The van der Waals surface area contributed by atoms with Gasteiger partial charge in [0, 0.05) is 29.9 Å². The monoisotopic (exact) mass is 281 g/mol. The summed E-state index contributed by atoms with van der Waals surface area (Å²) >= 11 is 0. The number of aromatic nitrogens is 1. The second-order valence-electron chi connectivity index (χ2n) is 4.89. The fourth-order valence-corrected chi connectivity index (χ4v) is 2.53. The predicted octanol–water partition coefficient (Wildman–Crippen LogP) is 3.03.